The third kappa shape index (κ3) is 3.70. The summed E-state index contributed by atoms with van der Waals surface area (Å²) in [5.41, 5.74) is 2.42. The molecule has 0 atom stereocenters. The third-order valence-electron chi connectivity index (χ3n) is 5.39. The van der Waals surface area contributed by atoms with E-state index in [2.05, 4.69) is 19.9 Å². The number of carbonyl (C=O) groups excluding carboxylic acids is 1. The van der Waals surface area contributed by atoms with Crippen molar-refractivity contribution in [2.24, 2.45) is 0 Å². The first-order valence-electron chi connectivity index (χ1n) is 9.68. The number of imidazole rings is 1. The first-order chi connectivity index (χ1) is 14.1. The lowest BCUT2D eigenvalue weighted by Crippen LogP contribution is -2.41. The van der Waals surface area contributed by atoms with E-state index in [9.17, 15) is 4.79 Å². The molecule has 4 rings (SSSR count). The van der Waals surface area contributed by atoms with Crippen molar-refractivity contribution in [2.75, 3.05) is 32.6 Å². The number of fused-ring (bicyclic) bond motifs is 1. The minimum Gasteiger partial charge on any atom is -0.497 e. The summed E-state index contributed by atoms with van der Waals surface area (Å²) in [6, 6.07) is 9.36. The lowest BCUT2D eigenvalue weighted by molar-refractivity contribution is 0.184. The summed E-state index contributed by atoms with van der Waals surface area (Å²) in [5.74, 6) is 2.22. The zero-order valence-electron chi connectivity index (χ0n) is 16.9. The van der Waals surface area contributed by atoms with Gasteiger partial charge >= 0.3 is 6.03 Å². The number of pyridine rings is 1. The summed E-state index contributed by atoms with van der Waals surface area (Å²) in [7, 11) is 3.17. The standard InChI is InChI=1S/C21H25N5O3/c1-14-23-17-5-4-10-22-20(17)26(14)15-8-11-25(12-9-15)21(27)24-18-13-16(28-2)6-7-19(18)29-3/h4-7,10,13,15H,8-9,11-12H2,1-3H3,(H,24,27). The number of aromatic nitrogens is 3. The van der Waals surface area contributed by atoms with Gasteiger partial charge < -0.3 is 24.3 Å². The first kappa shape index (κ1) is 19.0. The molecule has 29 heavy (non-hydrogen) atoms. The molecule has 1 saturated heterocycles. The van der Waals surface area contributed by atoms with E-state index < -0.39 is 0 Å². The number of nitrogens with one attached hydrogen (secondary N) is 1. The molecule has 0 saturated carbocycles. The molecule has 1 aliphatic heterocycles. The number of rotatable bonds is 4. The SMILES string of the molecule is COc1ccc(OC)c(NC(=O)N2CCC(n3c(C)nc4cccnc43)CC2)c1. The van der Waals surface area contributed by atoms with E-state index in [1.165, 1.54) is 0 Å². The van der Waals surface area contributed by atoms with Crippen molar-refractivity contribution in [1.82, 2.24) is 19.4 Å². The van der Waals surface area contributed by atoms with E-state index in [0.717, 1.165) is 29.8 Å². The van der Waals surface area contributed by atoms with Crippen LogP contribution in [0.15, 0.2) is 36.5 Å². The Kier molecular flexibility index (Phi) is 5.24. The summed E-state index contributed by atoms with van der Waals surface area (Å²) in [6.07, 6.45) is 3.50. The number of carbonyl (C=O) groups is 1. The van der Waals surface area contributed by atoms with Gasteiger partial charge in [-0.3, -0.25) is 0 Å². The van der Waals surface area contributed by atoms with Crippen LogP contribution in [0.4, 0.5) is 10.5 Å². The van der Waals surface area contributed by atoms with Crippen LogP contribution in [0.1, 0.15) is 24.7 Å². The molecule has 2 aromatic heterocycles. The Balaban J connectivity index is 1.44. The van der Waals surface area contributed by atoms with Crippen LogP contribution in [0.2, 0.25) is 0 Å². The van der Waals surface area contributed by atoms with Crippen molar-refractivity contribution in [3.05, 3.63) is 42.4 Å². The van der Waals surface area contributed by atoms with Crippen LogP contribution in [0, 0.1) is 6.92 Å². The minimum atomic E-state index is -0.139. The maximum absolute atomic E-state index is 12.8. The summed E-state index contributed by atoms with van der Waals surface area (Å²) < 4.78 is 12.8. The topological polar surface area (TPSA) is 81.5 Å². The molecule has 1 aromatic carbocycles. The van der Waals surface area contributed by atoms with Gasteiger partial charge in [0.25, 0.3) is 0 Å². The van der Waals surface area contributed by atoms with Gasteiger partial charge in [0.05, 0.1) is 19.9 Å². The Hall–Kier alpha value is -3.29. The summed E-state index contributed by atoms with van der Waals surface area (Å²) in [6.45, 7) is 3.33. The highest BCUT2D eigenvalue weighted by atomic mass is 16.5. The Morgan fingerprint density at radius 3 is 2.69 bits per heavy atom. The van der Waals surface area contributed by atoms with Crippen LogP contribution in [-0.4, -0.2) is 52.8 Å². The summed E-state index contributed by atoms with van der Waals surface area (Å²) in [5, 5.41) is 2.95. The maximum Gasteiger partial charge on any atom is 0.321 e. The second kappa shape index (κ2) is 7.98. The molecule has 8 nitrogen and oxygen atoms in total. The van der Waals surface area contributed by atoms with E-state index in [-0.39, 0.29) is 12.1 Å². The fourth-order valence-corrected chi connectivity index (χ4v) is 3.91. The lowest BCUT2D eigenvalue weighted by Gasteiger charge is -2.33. The van der Waals surface area contributed by atoms with Crippen molar-refractivity contribution in [1.29, 1.82) is 0 Å². The van der Waals surface area contributed by atoms with E-state index >= 15 is 0 Å². The molecule has 1 fully saturated rings. The van der Waals surface area contributed by atoms with E-state index in [1.807, 2.05) is 24.0 Å². The Morgan fingerprint density at radius 2 is 1.97 bits per heavy atom. The first-order valence-corrected chi connectivity index (χ1v) is 9.68. The number of ether oxygens (including phenoxy) is 2. The predicted molar refractivity (Wildman–Crippen MR) is 111 cm³/mol. The number of amides is 2. The molecular formula is C21H25N5O3. The van der Waals surface area contributed by atoms with E-state index in [0.29, 0.717) is 30.3 Å². The number of methoxy groups -OCH3 is 2. The Labute approximate surface area is 169 Å². The molecule has 2 amide bonds. The largest absolute Gasteiger partial charge is 0.497 e. The second-order valence-electron chi connectivity index (χ2n) is 7.09. The minimum absolute atomic E-state index is 0.139. The van der Waals surface area contributed by atoms with Crippen LogP contribution in [0.25, 0.3) is 11.2 Å². The van der Waals surface area contributed by atoms with Gasteiger partial charge in [-0.15, -0.1) is 0 Å². The van der Waals surface area contributed by atoms with Gasteiger partial charge in [-0.2, -0.15) is 0 Å². The van der Waals surface area contributed by atoms with Gasteiger partial charge in [0.15, 0.2) is 5.65 Å². The molecule has 152 valence electrons. The van der Waals surface area contributed by atoms with Crippen LogP contribution < -0.4 is 14.8 Å². The normalized spacial score (nSPS) is 14.8. The van der Waals surface area contributed by atoms with Gasteiger partial charge in [0.2, 0.25) is 0 Å². The number of hydrogen-bond acceptors (Lipinski definition) is 5. The third-order valence-corrected chi connectivity index (χ3v) is 5.39. The van der Waals surface area contributed by atoms with Gasteiger partial charge in [-0.25, -0.2) is 14.8 Å². The highest BCUT2D eigenvalue weighted by Gasteiger charge is 2.26. The van der Waals surface area contributed by atoms with Crippen molar-refractivity contribution >= 4 is 22.9 Å². The maximum atomic E-state index is 12.8. The van der Waals surface area contributed by atoms with Gasteiger partial charge in [-0.05, 0) is 44.0 Å². The highest BCUT2D eigenvalue weighted by molar-refractivity contribution is 5.91. The monoisotopic (exact) mass is 395 g/mol. The molecule has 1 aliphatic rings. The van der Waals surface area contributed by atoms with Crippen LogP contribution in [0.5, 0.6) is 11.5 Å². The number of nitrogens with zero attached hydrogens (tertiary/aromatic N) is 4. The van der Waals surface area contributed by atoms with E-state index in [1.54, 1.807) is 38.6 Å². The predicted octanol–water partition coefficient (Wildman–Crippen LogP) is 3.63. The fourth-order valence-electron chi connectivity index (χ4n) is 3.91. The van der Waals surface area contributed by atoms with Crippen molar-refractivity contribution in [2.45, 2.75) is 25.8 Å². The Morgan fingerprint density at radius 1 is 1.17 bits per heavy atom. The van der Waals surface area contributed by atoms with E-state index in [4.69, 9.17) is 9.47 Å². The molecule has 0 radical (unpaired) electrons. The molecule has 3 aromatic rings. The van der Waals surface area contributed by atoms with Crippen molar-refractivity contribution < 1.29 is 14.3 Å². The number of piperidine rings is 1. The van der Waals surface area contributed by atoms with Crippen LogP contribution in [-0.2, 0) is 0 Å². The van der Waals surface area contributed by atoms with Crippen molar-refractivity contribution in [3.8, 4) is 11.5 Å². The molecule has 0 bridgehead atoms. The second-order valence-corrected chi connectivity index (χ2v) is 7.09. The quantitative estimate of drug-likeness (QED) is 0.730. The van der Waals surface area contributed by atoms with Crippen molar-refractivity contribution in [3.63, 3.8) is 0 Å². The molecular weight excluding hydrogens is 370 g/mol. The number of urea groups is 1. The molecule has 0 aliphatic carbocycles. The number of benzene rings is 1. The number of hydrogen-bond donors (Lipinski definition) is 1. The summed E-state index contributed by atoms with van der Waals surface area (Å²) in [4.78, 5) is 23.7. The smallest absolute Gasteiger partial charge is 0.321 e. The lowest BCUT2D eigenvalue weighted by atomic mass is 10.0. The van der Waals surface area contributed by atoms with Gasteiger partial charge in [-0.1, -0.05) is 0 Å². The molecule has 0 spiro atoms. The average molecular weight is 395 g/mol. The molecule has 3 heterocycles. The number of likely N-dealkylation sites (tertiary alicyclic amines) is 1. The number of aryl methyl sites for hydroxylation is 1. The highest BCUT2D eigenvalue weighted by Crippen LogP contribution is 2.31. The fraction of sp³-hybridized carbons (Fsp3) is 0.381. The van der Waals surface area contributed by atoms with Gasteiger partial charge in [0, 0.05) is 31.4 Å². The van der Waals surface area contributed by atoms with Crippen LogP contribution in [0.3, 0.4) is 0 Å². The zero-order chi connectivity index (χ0) is 20.4. The summed E-state index contributed by atoms with van der Waals surface area (Å²) >= 11 is 0. The zero-order valence-corrected chi connectivity index (χ0v) is 16.9. The average Bonchev–Trinajstić information content (AvgIpc) is 3.09. The van der Waals surface area contributed by atoms with Gasteiger partial charge in [0.1, 0.15) is 22.8 Å². The molecule has 1 N–H and O–H groups in total. The molecule has 0 unspecified atom stereocenters. The van der Waals surface area contributed by atoms with Crippen LogP contribution >= 0.6 is 0 Å². The number of anilines is 1. The Bertz CT molecular complexity index is 1020. The molecule has 8 heteroatoms.